The third-order valence-corrected chi connectivity index (χ3v) is 5.70. The number of hydrogen-bond acceptors (Lipinski definition) is 5. The summed E-state index contributed by atoms with van der Waals surface area (Å²) in [7, 11) is 0. The maximum Gasteiger partial charge on any atom is 0.255 e. The standard InChI is InChI=1S/C17H15BrN4OS/c18-15-4-3-12(24-15)9-22-7-5-14-13(10-22)17(23)21-16(20-14)11-2-1-6-19-8-11/h1-4,6,8H,5,7,9-10H2,(H,20,21,23). The van der Waals surface area contributed by atoms with Gasteiger partial charge in [0, 0.05) is 48.9 Å². The molecular formula is C17H15BrN4OS. The van der Waals surface area contributed by atoms with Gasteiger partial charge in [-0.05, 0) is 40.2 Å². The number of thiophene rings is 1. The summed E-state index contributed by atoms with van der Waals surface area (Å²) in [6.07, 6.45) is 4.22. The molecule has 5 nitrogen and oxygen atoms in total. The molecule has 3 aromatic rings. The number of aromatic amines is 1. The SMILES string of the molecule is O=c1[nH]c(-c2cccnc2)nc2c1CN(Cc1ccc(Br)s1)CC2. The molecule has 0 aliphatic carbocycles. The summed E-state index contributed by atoms with van der Waals surface area (Å²) in [5, 5.41) is 0. The Hall–Kier alpha value is -1.83. The molecule has 0 saturated heterocycles. The second-order valence-corrected chi connectivity index (χ2v) is 8.30. The van der Waals surface area contributed by atoms with Crippen molar-refractivity contribution >= 4 is 27.3 Å². The molecule has 0 fully saturated rings. The van der Waals surface area contributed by atoms with Crippen LogP contribution in [0.15, 0.2) is 45.2 Å². The van der Waals surface area contributed by atoms with Crippen molar-refractivity contribution in [3.63, 3.8) is 0 Å². The molecule has 1 aliphatic rings. The van der Waals surface area contributed by atoms with Crippen LogP contribution in [0.3, 0.4) is 0 Å². The molecule has 0 bridgehead atoms. The first-order chi connectivity index (χ1) is 11.7. The Morgan fingerprint density at radius 2 is 2.25 bits per heavy atom. The van der Waals surface area contributed by atoms with Crippen LogP contribution in [0.2, 0.25) is 0 Å². The van der Waals surface area contributed by atoms with Crippen LogP contribution < -0.4 is 5.56 Å². The molecule has 4 heterocycles. The van der Waals surface area contributed by atoms with Crippen molar-refractivity contribution in [2.45, 2.75) is 19.5 Å². The van der Waals surface area contributed by atoms with Crippen molar-refractivity contribution in [3.8, 4) is 11.4 Å². The van der Waals surface area contributed by atoms with E-state index in [0.29, 0.717) is 12.4 Å². The molecule has 7 heteroatoms. The molecule has 0 unspecified atom stereocenters. The van der Waals surface area contributed by atoms with Gasteiger partial charge in [0.25, 0.3) is 5.56 Å². The highest BCUT2D eigenvalue weighted by molar-refractivity contribution is 9.11. The van der Waals surface area contributed by atoms with E-state index < -0.39 is 0 Å². The second-order valence-electron chi connectivity index (χ2n) is 5.75. The third-order valence-electron chi connectivity index (χ3n) is 4.09. The van der Waals surface area contributed by atoms with Crippen LogP contribution >= 0.6 is 27.3 Å². The van der Waals surface area contributed by atoms with Gasteiger partial charge in [0.2, 0.25) is 0 Å². The lowest BCUT2D eigenvalue weighted by Crippen LogP contribution is -2.35. The van der Waals surface area contributed by atoms with Crippen LogP contribution in [-0.2, 0) is 19.5 Å². The first-order valence-electron chi connectivity index (χ1n) is 7.68. The van der Waals surface area contributed by atoms with E-state index in [9.17, 15) is 4.79 Å². The summed E-state index contributed by atoms with van der Waals surface area (Å²) in [6.45, 7) is 2.41. The van der Waals surface area contributed by atoms with Gasteiger partial charge in [0.15, 0.2) is 0 Å². The molecule has 0 amide bonds. The zero-order valence-electron chi connectivity index (χ0n) is 12.8. The Labute approximate surface area is 151 Å². The maximum absolute atomic E-state index is 12.5. The van der Waals surface area contributed by atoms with E-state index in [2.05, 4.69) is 47.9 Å². The Bertz CT molecular complexity index is 922. The Morgan fingerprint density at radius 3 is 3.00 bits per heavy atom. The number of H-pyrrole nitrogens is 1. The normalized spacial score (nSPS) is 14.5. The molecule has 0 atom stereocenters. The minimum Gasteiger partial charge on any atom is -0.306 e. The van der Waals surface area contributed by atoms with Gasteiger partial charge in [-0.1, -0.05) is 0 Å². The van der Waals surface area contributed by atoms with E-state index >= 15 is 0 Å². The molecule has 0 radical (unpaired) electrons. The van der Waals surface area contributed by atoms with Gasteiger partial charge in [-0.3, -0.25) is 14.7 Å². The lowest BCUT2D eigenvalue weighted by Gasteiger charge is -2.27. The fraction of sp³-hybridized carbons (Fsp3) is 0.235. The first-order valence-corrected chi connectivity index (χ1v) is 9.29. The van der Waals surface area contributed by atoms with Crippen molar-refractivity contribution in [1.82, 2.24) is 19.9 Å². The van der Waals surface area contributed by atoms with Crippen LogP contribution in [0, 0.1) is 0 Å². The zero-order valence-corrected chi connectivity index (χ0v) is 15.2. The van der Waals surface area contributed by atoms with Gasteiger partial charge in [-0.2, -0.15) is 0 Å². The Kier molecular flexibility index (Phi) is 4.30. The van der Waals surface area contributed by atoms with Gasteiger partial charge >= 0.3 is 0 Å². The lowest BCUT2D eigenvalue weighted by atomic mass is 10.1. The van der Waals surface area contributed by atoms with Gasteiger partial charge < -0.3 is 4.98 Å². The summed E-state index contributed by atoms with van der Waals surface area (Å²) >= 11 is 5.23. The van der Waals surface area contributed by atoms with Crippen LogP contribution in [0.25, 0.3) is 11.4 Å². The van der Waals surface area contributed by atoms with Crippen LogP contribution in [-0.4, -0.2) is 26.4 Å². The highest BCUT2D eigenvalue weighted by Gasteiger charge is 2.22. The maximum atomic E-state index is 12.5. The zero-order chi connectivity index (χ0) is 16.5. The first kappa shape index (κ1) is 15.7. The van der Waals surface area contributed by atoms with E-state index in [4.69, 9.17) is 0 Å². The predicted octanol–water partition coefficient (Wildman–Crippen LogP) is 3.21. The fourth-order valence-electron chi connectivity index (χ4n) is 2.91. The monoisotopic (exact) mass is 402 g/mol. The molecule has 0 saturated carbocycles. The summed E-state index contributed by atoms with van der Waals surface area (Å²) < 4.78 is 1.13. The van der Waals surface area contributed by atoms with E-state index in [1.54, 1.807) is 23.7 Å². The minimum atomic E-state index is -0.0455. The Morgan fingerprint density at radius 1 is 1.33 bits per heavy atom. The molecule has 3 aromatic heterocycles. The quantitative estimate of drug-likeness (QED) is 0.730. The third kappa shape index (κ3) is 3.19. The average molecular weight is 403 g/mol. The second kappa shape index (κ2) is 6.58. The fourth-order valence-corrected chi connectivity index (χ4v) is 4.44. The van der Waals surface area contributed by atoms with E-state index in [1.807, 2.05) is 12.1 Å². The number of halogens is 1. The average Bonchev–Trinajstić information content (AvgIpc) is 3.01. The molecule has 4 rings (SSSR count). The minimum absolute atomic E-state index is 0.0455. The number of nitrogens with one attached hydrogen (secondary N) is 1. The lowest BCUT2D eigenvalue weighted by molar-refractivity contribution is 0.244. The van der Waals surface area contributed by atoms with E-state index in [1.165, 1.54) is 4.88 Å². The molecule has 122 valence electrons. The van der Waals surface area contributed by atoms with Crippen molar-refractivity contribution in [2.75, 3.05) is 6.54 Å². The van der Waals surface area contributed by atoms with Gasteiger partial charge in [0.1, 0.15) is 5.82 Å². The highest BCUT2D eigenvalue weighted by Crippen LogP contribution is 2.25. The molecule has 24 heavy (non-hydrogen) atoms. The Balaban J connectivity index is 1.59. The summed E-state index contributed by atoms with van der Waals surface area (Å²) in [5.74, 6) is 0.600. The number of rotatable bonds is 3. The van der Waals surface area contributed by atoms with Gasteiger partial charge in [-0.15, -0.1) is 11.3 Å². The van der Waals surface area contributed by atoms with Crippen molar-refractivity contribution in [3.05, 3.63) is 66.9 Å². The van der Waals surface area contributed by atoms with Crippen LogP contribution in [0.5, 0.6) is 0 Å². The number of aromatic nitrogens is 3. The van der Waals surface area contributed by atoms with E-state index in [0.717, 1.165) is 40.1 Å². The van der Waals surface area contributed by atoms with Crippen LogP contribution in [0.4, 0.5) is 0 Å². The molecule has 0 aromatic carbocycles. The number of pyridine rings is 1. The molecule has 1 aliphatic heterocycles. The van der Waals surface area contributed by atoms with Crippen molar-refractivity contribution in [1.29, 1.82) is 0 Å². The molecular weight excluding hydrogens is 388 g/mol. The van der Waals surface area contributed by atoms with E-state index in [-0.39, 0.29) is 5.56 Å². The van der Waals surface area contributed by atoms with Crippen molar-refractivity contribution < 1.29 is 0 Å². The van der Waals surface area contributed by atoms with Crippen molar-refractivity contribution in [2.24, 2.45) is 0 Å². The number of nitrogens with zero attached hydrogens (tertiary/aromatic N) is 3. The predicted molar refractivity (Wildman–Crippen MR) is 97.9 cm³/mol. The largest absolute Gasteiger partial charge is 0.306 e. The molecule has 1 N–H and O–H groups in total. The van der Waals surface area contributed by atoms with Crippen LogP contribution in [0.1, 0.15) is 16.1 Å². The summed E-state index contributed by atoms with van der Waals surface area (Å²) in [5.41, 5.74) is 2.48. The highest BCUT2D eigenvalue weighted by atomic mass is 79.9. The molecule has 0 spiro atoms. The number of hydrogen-bond donors (Lipinski definition) is 1. The number of fused-ring (bicyclic) bond motifs is 1. The smallest absolute Gasteiger partial charge is 0.255 e. The van der Waals surface area contributed by atoms with Gasteiger partial charge in [0.05, 0.1) is 15.0 Å². The summed E-state index contributed by atoms with van der Waals surface area (Å²) in [4.78, 5) is 27.8. The summed E-state index contributed by atoms with van der Waals surface area (Å²) in [6, 6.07) is 7.93. The van der Waals surface area contributed by atoms with Gasteiger partial charge in [-0.25, -0.2) is 4.98 Å². The topological polar surface area (TPSA) is 61.9 Å².